The minimum Gasteiger partial charge on any atom is -0.356 e. The van der Waals surface area contributed by atoms with Gasteiger partial charge in [0.25, 0.3) is 0 Å². The van der Waals surface area contributed by atoms with Crippen molar-refractivity contribution in [2.45, 2.75) is 70.8 Å². The Hall–Kier alpha value is -0.770. The number of aliphatic imine (C=N–C) groups is 1. The number of likely N-dealkylation sites (tertiary alicyclic amines) is 1. The van der Waals surface area contributed by atoms with Crippen LogP contribution in [0.15, 0.2) is 4.99 Å². The predicted molar refractivity (Wildman–Crippen MR) is 95.4 cm³/mol. The van der Waals surface area contributed by atoms with E-state index in [0.29, 0.717) is 6.04 Å². The van der Waals surface area contributed by atoms with Gasteiger partial charge in [0.2, 0.25) is 0 Å². The van der Waals surface area contributed by atoms with Gasteiger partial charge in [0, 0.05) is 26.2 Å². The summed E-state index contributed by atoms with van der Waals surface area (Å²) in [5.41, 5.74) is 0. The summed E-state index contributed by atoms with van der Waals surface area (Å²) >= 11 is 0. The molecule has 1 unspecified atom stereocenters. The number of nitrogens with one attached hydrogen (secondary N) is 2. The third-order valence-corrected chi connectivity index (χ3v) is 5.10. The van der Waals surface area contributed by atoms with Crippen LogP contribution < -0.4 is 10.6 Å². The molecule has 1 saturated carbocycles. The van der Waals surface area contributed by atoms with E-state index in [4.69, 9.17) is 0 Å². The van der Waals surface area contributed by atoms with Gasteiger partial charge in [-0.25, -0.2) is 0 Å². The summed E-state index contributed by atoms with van der Waals surface area (Å²) in [5, 5.41) is 7.06. The fourth-order valence-corrected chi connectivity index (χ4v) is 3.79. The largest absolute Gasteiger partial charge is 0.356 e. The fourth-order valence-electron chi connectivity index (χ4n) is 3.79. The van der Waals surface area contributed by atoms with Gasteiger partial charge in [-0.05, 0) is 57.5 Å². The molecule has 0 spiro atoms. The second-order valence-electron chi connectivity index (χ2n) is 7.23. The van der Waals surface area contributed by atoms with Crippen LogP contribution in [0.5, 0.6) is 0 Å². The van der Waals surface area contributed by atoms with Gasteiger partial charge in [-0.1, -0.05) is 26.2 Å². The number of unbranched alkanes of at least 4 members (excludes halogenated alkanes) is 1. The molecule has 2 rings (SSSR count). The highest BCUT2D eigenvalue weighted by molar-refractivity contribution is 5.79. The monoisotopic (exact) mass is 308 g/mol. The third-order valence-electron chi connectivity index (χ3n) is 5.10. The minimum absolute atomic E-state index is 0.634. The summed E-state index contributed by atoms with van der Waals surface area (Å²) in [6.45, 7) is 7.30. The summed E-state index contributed by atoms with van der Waals surface area (Å²) in [6, 6.07) is 0.634. The highest BCUT2D eigenvalue weighted by Gasteiger charge is 2.16. The number of rotatable bonds is 6. The normalized spacial score (nSPS) is 25.2. The van der Waals surface area contributed by atoms with Gasteiger partial charge in [0.15, 0.2) is 5.96 Å². The lowest BCUT2D eigenvalue weighted by molar-refractivity contribution is 0.181. The van der Waals surface area contributed by atoms with Crippen LogP contribution in [0.2, 0.25) is 0 Å². The van der Waals surface area contributed by atoms with Crippen LogP contribution in [-0.4, -0.2) is 50.1 Å². The van der Waals surface area contributed by atoms with Gasteiger partial charge in [-0.2, -0.15) is 0 Å². The third kappa shape index (κ3) is 6.55. The summed E-state index contributed by atoms with van der Waals surface area (Å²) in [7, 11) is 1.88. The Labute approximate surface area is 137 Å². The molecule has 0 amide bonds. The Kier molecular flexibility index (Phi) is 8.06. The van der Waals surface area contributed by atoms with Gasteiger partial charge in [-0.3, -0.25) is 4.99 Å². The maximum Gasteiger partial charge on any atom is 0.191 e. The van der Waals surface area contributed by atoms with Crippen molar-refractivity contribution in [3.63, 3.8) is 0 Å². The van der Waals surface area contributed by atoms with Crippen molar-refractivity contribution < 1.29 is 0 Å². The molecule has 4 nitrogen and oxygen atoms in total. The zero-order valence-corrected chi connectivity index (χ0v) is 14.7. The lowest BCUT2D eigenvalue weighted by Gasteiger charge is -2.30. The first-order chi connectivity index (χ1) is 10.8. The second kappa shape index (κ2) is 10.1. The molecule has 2 N–H and O–H groups in total. The molecule has 128 valence electrons. The maximum absolute atomic E-state index is 4.36. The SMILES string of the molecule is CN=C(NCCCCN1CCCC(C)C1)NC1CCCCC1. The van der Waals surface area contributed by atoms with Crippen LogP contribution >= 0.6 is 0 Å². The van der Waals surface area contributed by atoms with Crippen molar-refractivity contribution in [2.75, 3.05) is 33.2 Å². The van der Waals surface area contributed by atoms with Gasteiger partial charge in [0.05, 0.1) is 0 Å². The molecule has 1 atom stereocenters. The van der Waals surface area contributed by atoms with Gasteiger partial charge in [-0.15, -0.1) is 0 Å². The first-order valence-corrected chi connectivity index (χ1v) is 9.47. The van der Waals surface area contributed by atoms with E-state index in [1.54, 1.807) is 0 Å². The molecule has 0 radical (unpaired) electrons. The average molecular weight is 309 g/mol. The fraction of sp³-hybridized carbons (Fsp3) is 0.944. The van der Waals surface area contributed by atoms with E-state index < -0.39 is 0 Å². The van der Waals surface area contributed by atoms with Gasteiger partial charge in [0.1, 0.15) is 0 Å². The Bertz CT molecular complexity index is 323. The average Bonchev–Trinajstić information content (AvgIpc) is 2.54. The van der Waals surface area contributed by atoms with E-state index in [1.807, 2.05) is 7.05 Å². The van der Waals surface area contributed by atoms with E-state index in [-0.39, 0.29) is 0 Å². The molecule has 2 fully saturated rings. The number of guanidine groups is 1. The van der Waals surface area contributed by atoms with Gasteiger partial charge >= 0.3 is 0 Å². The molecule has 0 aromatic heterocycles. The van der Waals surface area contributed by atoms with Crippen LogP contribution in [0.25, 0.3) is 0 Å². The molecule has 1 aliphatic heterocycles. The topological polar surface area (TPSA) is 39.7 Å². The number of hydrogen-bond donors (Lipinski definition) is 2. The second-order valence-corrected chi connectivity index (χ2v) is 7.23. The Balaban J connectivity index is 1.52. The Morgan fingerprint density at radius 1 is 1.09 bits per heavy atom. The smallest absolute Gasteiger partial charge is 0.191 e. The highest BCUT2D eigenvalue weighted by Crippen LogP contribution is 2.17. The van der Waals surface area contributed by atoms with Gasteiger partial charge < -0.3 is 15.5 Å². The van der Waals surface area contributed by atoms with Crippen LogP contribution in [0, 0.1) is 5.92 Å². The molecule has 0 aromatic carbocycles. The number of nitrogens with zero attached hydrogens (tertiary/aromatic N) is 2. The van der Waals surface area contributed by atoms with Crippen molar-refractivity contribution in [3.05, 3.63) is 0 Å². The Morgan fingerprint density at radius 2 is 1.91 bits per heavy atom. The van der Waals surface area contributed by atoms with Crippen LogP contribution in [0.4, 0.5) is 0 Å². The predicted octanol–water partition coefficient (Wildman–Crippen LogP) is 3.00. The first-order valence-electron chi connectivity index (χ1n) is 9.47. The van der Waals surface area contributed by atoms with Crippen molar-refractivity contribution in [3.8, 4) is 0 Å². The van der Waals surface area contributed by atoms with Crippen molar-refractivity contribution in [1.82, 2.24) is 15.5 Å². The van der Waals surface area contributed by atoms with E-state index in [1.165, 1.54) is 77.4 Å². The van der Waals surface area contributed by atoms with Crippen molar-refractivity contribution in [2.24, 2.45) is 10.9 Å². The number of piperidine rings is 1. The standard InChI is InChI=1S/C18H36N4/c1-16-9-8-14-22(15-16)13-7-6-12-20-18(19-2)21-17-10-4-3-5-11-17/h16-17H,3-15H2,1-2H3,(H2,19,20,21). The molecule has 0 bridgehead atoms. The molecule has 4 heteroatoms. The van der Waals surface area contributed by atoms with E-state index >= 15 is 0 Å². The molecule has 1 saturated heterocycles. The molecule has 0 aromatic rings. The highest BCUT2D eigenvalue weighted by atomic mass is 15.2. The van der Waals surface area contributed by atoms with Crippen LogP contribution in [-0.2, 0) is 0 Å². The summed E-state index contributed by atoms with van der Waals surface area (Å²) in [6.07, 6.45) is 12.1. The molecule has 22 heavy (non-hydrogen) atoms. The lowest BCUT2D eigenvalue weighted by Crippen LogP contribution is -2.44. The van der Waals surface area contributed by atoms with E-state index in [2.05, 4.69) is 27.4 Å². The molecular formula is C18H36N4. The minimum atomic E-state index is 0.634. The number of hydrogen-bond acceptors (Lipinski definition) is 2. The molecule has 2 aliphatic rings. The van der Waals surface area contributed by atoms with E-state index in [0.717, 1.165) is 18.4 Å². The van der Waals surface area contributed by atoms with Crippen LogP contribution in [0.3, 0.4) is 0 Å². The first kappa shape index (κ1) is 17.6. The maximum atomic E-state index is 4.36. The summed E-state index contributed by atoms with van der Waals surface area (Å²) in [5.74, 6) is 1.89. The van der Waals surface area contributed by atoms with Crippen LogP contribution in [0.1, 0.15) is 64.7 Å². The Morgan fingerprint density at radius 3 is 2.64 bits per heavy atom. The lowest BCUT2D eigenvalue weighted by atomic mass is 9.96. The quantitative estimate of drug-likeness (QED) is 0.450. The van der Waals surface area contributed by atoms with Crippen molar-refractivity contribution >= 4 is 5.96 Å². The summed E-state index contributed by atoms with van der Waals surface area (Å²) < 4.78 is 0. The molecule has 1 aliphatic carbocycles. The zero-order valence-electron chi connectivity index (χ0n) is 14.7. The molecular weight excluding hydrogens is 272 g/mol. The van der Waals surface area contributed by atoms with Crippen molar-refractivity contribution in [1.29, 1.82) is 0 Å². The zero-order chi connectivity index (χ0) is 15.6. The van der Waals surface area contributed by atoms with E-state index in [9.17, 15) is 0 Å². The molecule has 1 heterocycles. The summed E-state index contributed by atoms with van der Waals surface area (Å²) in [4.78, 5) is 7.01.